The zero-order valence-electron chi connectivity index (χ0n) is 36.8. The van der Waals surface area contributed by atoms with Crippen LogP contribution in [0.25, 0.3) is 0 Å². The van der Waals surface area contributed by atoms with Gasteiger partial charge in [0.05, 0.1) is 25.2 Å². The largest absolute Gasteiger partial charge is 0.461 e. The van der Waals surface area contributed by atoms with Crippen molar-refractivity contribution < 1.29 is 24.5 Å². The number of hydrogen-bond acceptors (Lipinski definition) is 5. The standard InChI is InChI=1S/C50H89NO5/c1-4-7-10-13-16-19-21-23-24-26-27-30-32-35-38-41-46(56-50(55)43-40-37-34-31-28-25-22-20-17-14-11-8-5-2)44-49(54)51-47(45-52)48(53)42-39-36-33-29-18-15-12-9-6-3/h16,19,23-25,27-28,30,35,38,46-48,52-53H,4-15,17-18,20-22,26,29,31-34,36-37,39-45H2,1-3H3,(H,51,54)/b19-16-,24-23-,28-25-,30-27-,38-35-. The van der Waals surface area contributed by atoms with Crippen LogP contribution in [-0.4, -0.2) is 46.9 Å². The molecule has 3 N–H and O–H groups in total. The lowest BCUT2D eigenvalue weighted by Gasteiger charge is -2.24. The Morgan fingerprint density at radius 2 is 0.946 bits per heavy atom. The van der Waals surface area contributed by atoms with E-state index < -0.39 is 18.2 Å². The fourth-order valence-electron chi connectivity index (χ4n) is 6.70. The predicted molar refractivity (Wildman–Crippen MR) is 241 cm³/mol. The number of rotatable bonds is 41. The van der Waals surface area contributed by atoms with E-state index in [4.69, 9.17) is 4.74 Å². The van der Waals surface area contributed by atoms with Crippen molar-refractivity contribution in [3.8, 4) is 0 Å². The van der Waals surface area contributed by atoms with Crippen molar-refractivity contribution in [3.05, 3.63) is 60.8 Å². The van der Waals surface area contributed by atoms with E-state index in [1.54, 1.807) is 0 Å². The summed E-state index contributed by atoms with van der Waals surface area (Å²) in [7, 11) is 0. The van der Waals surface area contributed by atoms with Crippen molar-refractivity contribution in [1.29, 1.82) is 0 Å². The van der Waals surface area contributed by atoms with Crippen LogP contribution in [0.3, 0.4) is 0 Å². The second kappa shape index (κ2) is 43.7. The molecule has 0 aliphatic heterocycles. The summed E-state index contributed by atoms with van der Waals surface area (Å²) in [5.41, 5.74) is 0. The van der Waals surface area contributed by atoms with Gasteiger partial charge in [-0.2, -0.15) is 0 Å². The molecule has 6 nitrogen and oxygen atoms in total. The number of aliphatic hydroxyl groups is 2. The number of nitrogens with one attached hydrogen (secondary N) is 1. The third-order valence-electron chi connectivity index (χ3n) is 10.3. The summed E-state index contributed by atoms with van der Waals surface area (Å²) in [5.74, 6) is -0.599. The summed E-state index contributed by atoms with van der Waals surface area (Å²) < 4.78 is 5.83. The van der Waals surface area contributed by atoms with Gasteiger partial charge in [0, 0.05) is 12.8 Å². The van der Waals surface area contributed by atoms with Crippen molar-refractivity contribution in [2.75, 3.05) is 6.61 Å². The van der Waals surface area contributed by atoms with Gasteiger partial charge in [-0.1, -0.05) is 191 Å². The van der Waals surface area contributed by atoms with E-state index >= 15 is 0 Å². The monoisotopic (exact) mass is 784 g/mol. The predicted octanol–water partition coefficient (Wildman–Crippen LogP) is 13.7. The van der Waals surface area contributed by atoms with Crippen LogP contribution in [0.1, 0.15) is 220 Å². The van der Waals surface area contributed by atoms with Crippen molar-refractivity contribution in [2.45, 2.75) is 238 Å². The minimum absolute atomic E-state index is 0.00554. The molecule has 0 aromatic heterocycles. The normalized spacial score (nSPS) is 13.9. The van der Waals surface area contributed by atoms with Gasteiger partial charge >= 0.3 is 5.97 Å². The number of carbonyl (C=O) groups is 2. The van der Waals surface area contributed by atoms with E-state index in [1.807, 2.05) is 12.2 Å². The van der Waals surface area contributed by atoms with E-state index in [0.717, 1.165) is 70.6 Å². The average Bonchev–Trinajstić information content (AvgIpc) is 3.19. The molecule has 1 amide bonds. The second-order valence-corrected chi connectivity index (χ2v) is 15.8. The van der Waals surface area contributed by atoms with Crippen molar-refractivity contribution in [1.82, 2.24) is 5.32 Å². The number of esters is 1. The summed E-state index contributed by atoms with van der Waals surface area (Å²) in [4.78, 5) is 25.9. The van der Waals surface area contributed by atoms with E-state index in [1.165, 1.54) is 103 Å². The molecule has 0 spiro atoms. The smallest absolute Gasteiger partial charge is 0.306 e. The average molecular weight is 784 g/mol. The zero-order valence-corrected chi connectivity index (χ0v) is 36.8. The molecule has 0 bridgehead atoms. The van der Waals surface area contributed by atoms with Gasteiger partial charge in [0.1, 0.15) is 6.10 Å². The molecule has 0 rings (SSSR count). The van der Waals surface area contributed by atoms with Gasteiger partial charge in [-0.05, 0) is 70.6 Å². The molecule has 3 atom stereocenters. The van der Waals surface area contributed by atoms with Crippen LogP contribution in [0.4, 0.5) is 0 Å². The number of ether oxygens (including phenoxy) is 1. The molecule has 324 valence electrons. The third-order valence-corrected chi connectivity index (χ3v) is 10.3. The third kappa shape index (κ3) is 38.4. The number of allylic oxidation sites excluding steroid dienone is 9. The minimum Gasteiger partial charge on any atom is -0.461 e. The van der Waals surface area contributed by atoms with E-state index in [9.17, 15) is 19.8 Å². The first-order valence-electron chi connectivity index (χ1n) is 23.5. The van der Waals surface area contributed by atoms with Crippen LogP contribution in [-0.2, 0) is 14.3 Å². The second-order valence-electron chi connectivity index (χ2n) is 15.8. The number of carbonyl (C=O) groups excluding carboxylic acids is 2. The number of aliphatic hydroxyl groups excluding tert-OH is 2. The highest BCUT2D eigenvalue weighted by molar-refractivity contribution is 5.77. The van der Waals surface area contributed by atoms with Crippen LogP contribution < -0.4 is 5.32 Å². The maximum atomic E-state index is 13.1. The van der Waals surface area contributed by atoms with Gasteiger partial charge in [-0.15, -0.1) is 0 Å². The fraction of sp³-hybridized carbons (Fsp3) is 0.760. The van der Waals surface area contributed by atoms with Crippen molar-refractivity contribution in [3.63, 3.8) is 0 Å². The molecule has 0 radical (unpaired) electrons. The number of unbranched alkanes of at least 4 members (excludes halogenated alkanes) is 20. The summed E-state index contributed by atoms with van der Waals surface area (Å²) in [6, 6.07) is -0.732. The first kappa shape index (κ1) is 53.6. The SMILES string of the molecule is CCCCC/C=C\C/C=C\C/C=C\C/C=C\CC(CC(=O)NC(CO)C(O)CCCCCCCCCCC)OC(=O)CCCCC/C=C\CCCCCCCC. The summed E-state index contributed by atoms with van der Waals surface area (Å²) >= 11 is 0. The maximum absolute atomic E-state index is 13.1. The zero-order chi connectivity index (χ0) is 41.0. The molecular weight excluding hydrogens is 695 g/mol. The summed E-state index contributed by atoms with van der Waals surface area (Å²) in [6.07, 6.45) is 53.0. The van der Waals surface area contributed by atoms with Gasteiger partial charge in [-0.25, -0.2) is 0 Å². The Kier molecular flexibility index (Phi) is 41.8. The lowest BCUT2D eigenvalue weighted by atomic mass is 10.0. The first-order valence-corrected chi connectivity index (χ1v) is 23.5. The summed E-state index contributed by atoms with van der Waals surface area (Å²) in [5, 5.41) is 23.5. The Balaban J connectivity index is 4.79. The van der Waals surface area contributed by atoms with Gasteiger partial charge < -0.3 is 20.3 Å². The lowest BCUT2D eigenvalue weighted by Crippen LogP contribution is -2.46. The highest BCUT2D eigenvalue weighted by Gasteiger charge is 2.23. The van der Waals surface area contributed by atoms with E-state index in [0.29, 0.717) is 19.3 Å². The van der Waals surface area contributed by atoms with Crippen molar-refractivity contribution >= 4 is 11.9 Å². The first-order chi connectivity index (χ1) is 27.5. The maximum Gasteiger partial charge on any atom is 0.306 e. The van der Waals surface area contributed by atoms with Crippen molar-refractivity contribution in [2.24, 2.45) is 0 Å². The van der Waals surface area contributed by atoms with Gasteiger partial charge in [-0.3, -0.25) is 9.59 Å². The van der Waals surface area contributed by atoms with E-state index in [2.05, 4.69) is 74.7 Å². The lowest BCUT2D eigenvalue weighted by molar-refractivity contribution is -0.150. The molecule has 0 fully saturated rings. The summed E-state index contributed by atoms with van der Waals surface area (Å²) in [6.45, 7) is 6.38. The molecule has 0 aliphatic carbocycles. The molecule has 0 aromatic rings. The molecule has 0 saturated heterocycles. The van der Waals surface area contributed by atoms with Crippen LogP contribution in [0.5, 0.6) is 0 Å². The Bertz CT molecular complexity index is 1010. The molecule has 0 saturated carbocycles. The van der Waals surface area contributed by atoms with Gasteiger partial charge in [0.25, 0.3) is 0 Å². The highest BCUT2D eigenvalue weighted by Crippen LogP contribution is 2.15. The van der Waals surface area contributed by atoms with Crippen LogP contribution >= 0.6 is 0 Å². The van der Waals surface area contributed by atoms with Crippen LogP contribution in [0, 0.1) is 0 Å². The Hall–Kier alpha value is -2.44. The number of amides is 1. The fourth-order valence-corrected chi connectivity index (χ4v) is 6.70. The molecule has 3 unspecified atom stereocenters. The molecular formula is C50H89NO5. The highest BCUT2D eigenvalue weighted by atomic mass is 16.5. The topological polar surface area (TPSA) is 95.9 Å². The Labute approximate surface area is 346 Å². The Morgan fingerprint density at radius 3 is 1.48 bits per heavy atom. The molecule has 6 heteroatoms. The quantitative estimate of drug-likeness (QED) is 0.0326. The van der Waals surface area contributed by atoms with Crippen LogP contribution in [0.2, 0.25) is 0 Å². The molecule has 56 heavy (non-hydrogen) atoms. The molecule has 0 aliphatic rings. The molecule has 0 aromatic carbocycles. The molecule has 0 heterocycles. The minimum atomic E-state index is -0.812. The van der Waals surface area contributed by atoms with Gasteiger partial charge in [0.15, 0.2) is 0 Å². The Morgan fingerprint density at radius 1 is 0.536 bits per heavy atom. The number of hydrogen-bond donors (Lipinski definition) is 3. The van der Waals surface area contributed by atoms with Gasteiger partial charge in [0.2, 0.25) is 5.91 Å². The van der Waals surface area contributed by atoms with Crippen LogP contribution in [0.15, 0.2) is 60.8 Å². The van der Waals surface area contributed by atoms with E-state index in [-0.39, 0.29) is 24.9 Å².